The molecule has 2 aromatic rings. The molecule has 176 valence electrons. The maximum atomic E-state index is 14.1. The number of halogens is 1. The van der Waals surface area contributed by atoms with Crippen molar-refractivity contribution < 1.29 is 14.0 Å². The maximum absolute atomic E-state index is 14.1. The molecule has 3 rings (SSSR count). The third-order valence-corrected chi connectivity index (χ3v) is 6.06. The van der Waals surface area contributed by atoms with Crippen LogP contribution in [0.25, 0.3) is 16.6 Å². The highest BCUT2D eigenvalue weighted by Crippen LogP contribution is 2.42. The zero-order valence-corrected chi connectivity index (χ0v) is 19.1. The largest absolute Gasteiger partial charge is 0.404 e. The van der Waals surface area contributed by atoms with Crippen molar-refractivity contribution in [2.75, 3.05) is 33.7 Å². The molecule has 10 heteroatoms. The Morgan fingerprint density at radius 3 is 2.70 bits per heavy atom. The van der Waals surface area contributed by atoms with Crippen molar-refractivity contribution in [2.45, 2.75) is 19.8 Å². The van der Waals surface area contributed by atoms with Crippen molar-refractivity contribution in [2.24, 2.45) is 16.3 Å². The normalized spacial score (nSPS) is 17.5. The number of H-pyrrole nitrogens is 1. The fourth-order valence-corrected chi connectivity index (χ4v) is 4.21. The molecule has 5 N–H and O–H groups in total. The lowest BCUT2D eigenvalue weighted by molar-refractivity contribution is -0.104. The molecule has 1 amide bonds. The third-order valence-electron chi connectivity index (χ3n) is 6.06. The number of nitrogens with zero attached hydrogens (tertiary/aromatic N) is 3. The van der Waals surface area contributed by atoms with Crippen molar-refractivity contribution in [1.29, 1.82) is 0 Å². The first kappa shape index (κ1) is 24.1. The van der Waals surface area contributed by atoms with Crippen LogP contribution in [0, 0.1) is 11.2 Å². The molecule has 1 fully saturated rings. The number of aldehydes is 1. The molecule has 2 heterocycles. The number of carbonyl (C=O) groups is 2. The van der Waals surface area contributed by atoms with Crippen molar-refractivity contribution in [1.82, 2.24) is 25.6 Å². The summed E-state index contributed by atoms with van der Waals surface area (Å²) in [5.41, 5.74) is 11.2. The van der Waals surface area contributed by atoms with Gasteiger partial charge in [-0.15, -0.1) is 0 Å². The Bertz CT molecular complexity index is 1110. The number of aromatic amines is 1. The van der Waals surface area contributed by atoms with Crippen molar-refractivity contribution >= 4 is 34.5 Å². The van der Waals surface area contributed by atoms with Gasteiger partial charge in [0, 0.05) is 32.4 Å². The number of benzene rings is 1. The summed E-state index contributed by atoms with van der Waals surface area (Å²) in [4.78, 5) is 32.9. The van der Waals surface area contributed by atoms with E-state index in [4.69, 9.17) is 5.73 Å². The number of hydrogen-bond donors (Lipinski definition) is 4. The Morgan fingerprint density at radius 2 is 2.09 bits per heavy atom. The molecule has 0 radical (unpaired) electrons. The van der Waals surface area contributed by atoms with Crippen LogP contribution in [0.5, 0.6) is 0 Å². The molecular formula is C23H30FN7O2. The van der Waals surface area contributed by atoms with E-state index in [0.29, 0.717) is 23.4 Å². The lowest BCUT2D eigenvalue weighted by Gasteiger charge is -2.40. The number of imidazole rings is 1. The van der Waals surface area contributed by atoms with Gasteiger partial charge in [0.1, 0.15) is 23.4 Å². The van der Waals surface area contributed by atoms with Crippen LogP contribution in [0.1, 0.15) is 35.9 Å². The second-order valence-corrected chi connectivity index (χ2v) is 8.25. The standard InChI is InChI=1S/C23H30FN7O2/c1-23(6-8-31(9-7-23)14-16(30-27-3)5-4-10-32)18(13-25)21-28-19-12-15(24)11-17(20(19)29-21)22(33)26-2/h4-5,10-13,27H,6-9,14,25H2,1-3H3,(H,26,33)(H,28,29)/b5-4-,18-13?,30-16+. The summed E-state index contributed by atoms with van der Waals surface area (Å²) in [6.45, 7) is 4.33. The van der Waals surface area contributed by atoms with E-state index in [2.05, 4.69) is 37.6 Å². The van der Waals surface area contributed by atoms with Gasteiger partial charge in [-0.1, -0.05) is 6.92 Å². The number of likely N-dealkylation sites (tertiary alicyclic amines) is 1. The Labute approximate surface area is 192 Å². The van der Waals surface area contributed by atoms with Gasteiger partial charge in [-0.25, -0.2) is 9.37 Å². The number of allylic oxidation sites excluding steroid dienone is 2. The van der Waals surface area contributed by atoms with E-state index in [1.165, 1.54) is 25.3 Å². The van der Waals surface area contributed by atoms with Crippen LogP contribution in [-0.2, 0) is 4.79 Å². The lowest BCUT2D eigenvalue weighted by Crippen LogP contribution is -2.41. The lowest BCUT2D eigenvalue weighted by atomic mass is 9.74. The zero-order valence-electron chi connectivity index (χ0n) is 19.1. The number of hydrazone groups is 1. The van der Waals surface area contributed by atoms with Gasteiger partial charge in [0.25, 0.3) is 5.91 Å². The Kier molecular flexibility index (Phi) is 7.59. The number of nitrogens with one attached hydrogen (secondary N) is 3. The van der Waals surface area contributed by atoms with Gasteiger partial charge in [0.2, 0.25) is 0 Å². The average molecular weight is 456 g/mol. The minimum absolute atomic E-state index is 0.172. The number of rotatable bonds is 8. The second-order valence-electron chi connectivity index (χ2n) is 8.25. The third kappa shape index (κ3) is 5.28. The van der Waals surface area contributed by atoms with E-state index in [-0.39, 0.29) is 11.0 Å². The molecule has 0 bridgehead atoms. The van der Waals surface area contributed by atoms with E-state index >= 15 is 0 Å². The molecule has 33 heavy (non-hydrogen) atoms. The van der Waals surface area contributed by atoms with Crippen LogP contribution in [0.15, 0.2) is 35.6 Å². The molecule has 9 nitrogen and oxygen atoms in total. The minimum Gasteiger partial charge on any atom is -0.404 e. The highest BCUT2D eigenvalue weighted by Gasteiger charge is 2.36. The Morgan fingerprint density at radius 1 is 1.36 bits per heavy atom. The SMILES string of the molecule is CN/N=C(\C=C/C=O)CN1CCC(C)(C(=CN)c2nc3c(C(=O)NC)cc(F)cc3[nH]2)CC1. The molecule has 1 aromatic carbocycles. The number of aromatic nitrogens is 2. The van der Waals surface area contributed by atoms with Crippen LogP contribution in [0.3, 0.4) is 0 Å². The summed E-state index contributed by atoms with van der Waals surface area (Å²) in [5, 5.41) is 6.74. The monoisotopic (exact) mass is 455 g/mol. The maximum Gasteiger partial charge on any atom is 0.253 e. The minimum atomic E-state index is -0.517. The van der Waals surface area contributed by atoms with E-state index < -0.39 is 11.7 Å². The molecule has 0 spiro atoms. The molecule has 0 saturated carbocycles. The van der Waals surface area contributed by atoms with Gasteiger partial charge >= 0.3 is 0 Å². The van der Waals surface area contributed by atoms with Crippen LogP contribution >= 0.6 is 0 Å². The van der Waals surface area contributed by atoms with E-state index in [1.54, 1.807) is 19.3 Å². The van der Waals surface area contributed by atoms with Gasteiger partial charge in [-0.3, -0.25) is 14.5 Å². The quantitative estimate of drug-likeness (QED) is 0.208. The van der Waals surface area contributed by atoms with Crippen LogP contribution in [0.4, 0.5) is 4.39 Å². The summed E-state index contributed by atoms with van der Waals surface area (Å²) in [7, 11) is 3.21. The number of amides is 1. The Balaban J connectivity index is 1.82. The molecule has 1 aromatic heterocycles. The predicted molar refractivity (Wildman–Crippen MR) is 127 cm³/mol. The number of piperidine rings is 1. The molecule has 1 aliphatic heterocycles. The highest BCUT2D eigenvalue weighted by atomic mass is 19.1. The topological polar surface area (TPSA) is 128 Å². The van der Waals surface area contributed by atoms with E-state index in [9.17, 15) is 14.0 Å². The molecule has 0 unspecified atom stereocenters. The first-order valence-corrected chi connectivity index (χ1v) is 10.8. The number of fused-ring (bicyclic) bond motifs is 1. The van der Waals surface area contributed by atoms with Gasteiger partial charge in [-0.05, 0) is 55.6 Å². The Hall–Kier alpha value is -3.53. The predicted octanol–water partition coefficient (Wildman–Crippen LogP) is 1.79. The summed E-state index contributed by atoms with van der Waals surface area (Å²) in [6, 6.07) is 2.51. The van der Waals surface area contributed by atoms with Crippen LogP contribution in [0.2, 0.25) is 0 Å². The van der Waals surface area contributed by atoms with Gasteiger partial charge in [0.05, 0.1) is 16.8 Å². The molecule has 0 aliphatic carbocycles. The number of carbonyl (C=O) groups excluding carboxylic acids is 2. The second kappa shape index (κ2) is 10.4. The fraction of sp³-hybridized carbons (Fsp3) is 0.391. The molecule has 0 atom stereocenters. The van der Waals surface area contributed by atoms with E-state index in [1.807, 2.05) is 0 Å². The van der Waals surface area contributed by atoms with Crippen molar-refractivity contribution in [3.05, 3.63) is 47.7 Å². The smallest absolute Gasteiger partial charge is 0.253 e. The van der Waals surface area contributed by atoms with Crippen molar-refractivity contribution in [3.8, 4) is 0 Å². The van der Waals surface area contributed by atoms with Gasteiger partial charge in [-0.2, -0.15) is 5.10 Å². The van der Waals surface area contributed by atoms with Crippen LogP contribution < -0.4 is 16.5 Å². The van der Waals surface area contributed by atoms with Crippen LogP contribution in [-0.4, -0.2) is 66.5 Å². The van der Waals surface area contributed by atoms with E-state index in [0.717, 1.165) is 43.5 Å². The molecule has 1 aliphatic rings. The van der Waals surface area contributed by atoms with Gasteiger partial charge in [0.15, 0.2) is 0 Å². The summed E-state index contributed by atoms with van der Waals surface area (Å²) in [5.74, 6) is -0.389. The number of hydrogen-bond acceptors (Lipinski definition) is 7. The number of nitrogens with two attached hydrogens (primary N) is 1. The van der Waals surface area contributed by atoms with Crippen molar-refractivity contribution in [3.63, 3.8) is 0 Å². The summed E-state index contributed by atoms with van der Waals surface area (Å²) in [6.07, 6.45) is 7.02. The average Bonchev–Trinajstić information content (AvgIpc) is 3.21. The summed E-state index contributed by atoms with van der Waals surface area (Å²) < 4.78 is 14.1. The molecule has 1 saturated heterocycles. The zero-order chi connectivity index (χ0) is 24.0. The summed E-state index contributed by atoms with van der Waals surface area (Å²) >= 11 is 0. The highest BCUT2D eigenvalue weighted by molar-refractivity contribution is 6.05. The fourth-order valence-electron chi connectivity index (χ4n) is 4.21. The first-order chi connectivity index (χ1) is 15.8. The first-order valence-electron chi connectivity index (χ1n) is 10.8. The van der Waals surface area contributed by atoms with Gasteiger partial charge < -0.3 is 21.5 Å². The molecular weight excluding hydrogens is 425 g/mol.